The maximum absolute atomic E-state index is 12.2. The molecule has 17 heavy (non-hydrogen) atoms. The third-order valence-corrected chi connectivity index (χ3v) is 3.61. The van der Waals surface area contributed by atoms with E-state index in [1.165, 1.54) is 0 Å². The van der Waals surface area contributed by atoms with E-state index >= 15 is 0 Å². The molecule has 0 bridgehead atoms. The minimum absolute atomic E-state index is 0.0277. The SMILES string of the molecule is CN1C(=O)C(c2ccccc2)=N[C@@]12CCNC2. The molecule has 0 saturated carbocycles. The molecule has 2 aliphatic rings. The van der Waals surface area contributed by atoms with Gasteiger partial charge in [-0.15, -0.1) is 0 Å². The normalized spacial score (nSPS) is 27.9. The molecule has 2 aliphatic heterocycles. The van der Waals surface area contributed by atoms with Crippen molar-refractivity contribution in [3.63, 3.8) is 0 Å². The standard InChI is InChI=1S/C13H15N3O/c1-16-12(17)11(10-5-3-2-4-6-10)15-13(16)7-8-14-9-13/h2-6,14H,7-9H2,1H3/t13-/m0/s1. The predicted octanol–water partition coefficient (Wildman–Crippen LogP) is 0.637. The van der Waals surface area contributed by atoms with Crippen LogP contribution >= 0.6 is 0 Å². The first-order valence-electron chi connectivity index (χ1n) is 5.87. The second-order valence-electron chi connectivity index (χ2n) is 4.60. The van der Waals surface area contributed by atoms with Crippen molar-refractivity contribution < 1.29 is 4.79 Å². The van der Waals surface area contributed by atoms with Gasteiger partial charge in [-0.2, -0.15) is 0 Å². The van der Waals surface area contributed by atoms with Crippen LogP contribution in [0.4, 0.5) is 0 Å². The molecule has 1 fully saturated rings. The molecule has 1 saturated heterocycles. The van der Waals surface area contributed by atoms with Crippen LogP contribution in [-0.2, 0) is 4.79 Å². The van der Waals surface area contributed by atoms with Crippen molar-refractivity contribution >= 4 is 11.6 Å². The van der Waals surface area contributed by atoms with Crippen LogP contribution in [-0.4, -0.2) is 42.3 Å². The van der Waals surface area contributed by atoms with E-state index in [4.69, 9.17) is 0 Å². The first kappa shape index (κ1) is 10.5. The second kappa shape index (κ2) is 3.67. The van der Waals surface area contributed by atoms with Crippen molar-refractivity contribution in [2.75, 3.05) is 20.1 Å². The average molecular weight is 229 g/mol. The van der Waals surface area contributed by atoms with Gasteiger partial charge in [-0.05, 0) is 6.54 Å². The molecule has 0 aliphatic carbocycles. The molecule has 1 N–H and O–H groups in total. The number of hydrogen-bond donors (Lipinski definition) is 1. The molecule has 0 unspecified atom stereocenters. The highest BCUT2D eigenvalue weighted by Gasteiger charge is 2.46. The van der Waals surface area contributed by atoms with Crippen LogP contribution in [0, 0.1) is 0 Å². The largest absolute Gasteiger partial charge is 0.314 e. The Bertz CT molecular complexity index is 475. The minimum atomic E-state index is -0.345. The van der Waals surface area contributed by atoms with E-state index in [9.17, 15) is 4.79 Å². The van der Waals surface area contributed by atoms with Crippen molar-refractivity contribution in [1.29, 1.82) is 0 Å². The van der Waals surface area contributed by atoms with Gasteiger partial charge in [0.05, 0.1) is 0 Å². The summed E-state index contributed by atoms with van der Waals surface area (Å²) in [6.45, 7) is 1.68. The molecule has 88 valence electrons. The van der Waals surface area contributed by atoms with Crippen molar-refractivity contribution in [2.24, 2.45) is 4.99 Å². The van der Waals surface area contributed by atoms with Crippen LogP contribution < -0.4 is 5.32 Å². The Hall–Kier alpha value is -1.68. The Balaban J connectivity index is 2.03. The quantitative estimate of drug-likeness (QED) is 0.768. The van der Waals surface area contributed by atoms with Crippen LogP contribution in [0.2, 0.25) is 0 Å². The number of rotatable bonds is 1. The average Bonchev–Trinajstić information content (AvgIpc) is 2.93. The number of aliphatic imine (C=N–C) groups is 1. The van der Waals surface area contributed by atoms with Crippen LogP contribution in [0.15, 0.2) is 35.3 Å². The zero-order chi connectivity index (χ0) is 11.9. The molecule has 1 aromatic carbocycles. The zero-order valence-electron chi connectivity index (χ0n) is 9.81. The number of benzene rings is 1. The highest BCUT2D eigenvalue weighted by molar-refractivity contribution is 6.46. The van der Waals surface area contributed by atoms with Gasteiger partial charge in [0.2, 0.25) is 0 Å². The van der Waals surface area contributed by atoms with Gasteiger partial charge in [0.25, 0.3) is 5.91 Å². The number of carbonyl (C=O) groups is 1. The van der Waals surface area contributed by atoms with Gasteiger partial charge in [0.15, 0.2) is 0 Å². The Labute approximate surface area is 100 Å². The van der Waals surface area contributed by atoms with Crippen molar-refractivity contribution in [2.45, 2.75) is 12.1 Å². The van der Waals surface area contributed by atoms with Crippen molar-refractivity contribution in [3.05, 3.63) is 35.9 Å². The van der Waals surface area contributed by atoms with E-state index in [1.807, 2.05) is 37.4 Å². The molecule has 4 nitrogen and oxygen atoms in total. The molecule has 1 aromatic rings. The second-order valence-corrected chi connectivity index (χ2v) is 4.60. The third kappa shape index (κ3) is 1.48. The van der Waals surface area contributed by atoms with E-state index in [1.54, 1.807) is 4.90 Å². The maximum atomic E-state index is 12.2. The molecule has 1 atom stereocenters. The first-order valence-corrected chi connectivity index (χ1v) is 5.87. The predicted molar refractivity (Wildman–Crippen MR) is 66.0 cm³/mol. The smallest absolute Gasteiger partial charge is 0.274 e. The highest BCUT2D eigenvalue weighted by atomic mass is 16.2. The summed E-state index contributed by atoms with van der Waals surface area (Å²) >= 11 is 0. The molecule has 1 amide bonds. The molecule has 0 radical (unpaired) electrons. The Morgan fingerprint density at radius 1 is 1.35 bits per heavy atom. The van der Waals surface area contributed by atoms with E-state index < -0.39 is 0 Å². The molecular weight excluding hydrogens is 214 g/mol. The molecular formula is C13H15N3O. The number of nitrogens with one attached hydrogen (secondary N) is 1. The summed E-state index contributed by atoms with van der Waals surface area (Å²) in [7, 11) is 1.84. The Morgan fingerprint density at radius 2 is 2.12 bits per heavy atom. The number of likely N-dealkylation sites (N-methyl/N-ethyl adjacent to an activating group) is 1. The molecule has 3 rings (SSSR count). The Morgan fingerprint density at radius 3 is 2.76 bits per heavy atom. The van der Waals surface area contributed by atoms with Crippen LogP contribution in [0.5, 0.6) is 0 Å². The molecule has 0 aromatic heterocycles. The number of hydrogen-bond acceptors (Lipinski definition) is 3. The number of amides is 1. The van der Waals surface area contributed by atoms with E-state index in [0.29, 0.717) is 5.71 Å². The lowest BCUT2D eigenvalue weighted by atomic mass is 10.1. The Kier molecular flexibility index (Phi) is 2.26. The van der Waals surface area contributed by atoms with Gasteiger partial charge in [-0.25, -0.2) is 4.99 Å². The van der Waals surface area contributed by atoms with Gasteiger partial charge in [0.1, 0.15) is 11.4 Å². The van der Waals surface area contributed by atoms with Gasteiger partial charge < -0.3 is 10.2 Å². The fraction of sp³-hybridized carbons (Fsp3) is 0.385. The first-order chi connectivity index (χ1) is 8.23. The number of nitrogens with zero attached hydrogens (tertiary/aromatic N) is 2. The molecule has 2 heterocycles. The lowest BCUT2D eigenvalue weighted by molar-refractivity contribution is -0.125. The maximum Gasteiger partial charge on any atom is 0.274 e. The van der Waals surface area contributed by atoms with E-state index in [0.717, 1.165) is 25.1 Å². The monoisotopic (exact) mass is 229 g/mol. The van der Waals surface area contributed by atoms with Crippen LogP contribution in [0.25, 0.3) is 0 Å². The van der Waals surface area contributed by atoms with Crippen LogP contribution in [0.1, 0.15) is 12.0 Å². The summed E-state index contributed by atoms with van der Waals surface area (Å²) in [5.74, 6) is 0.0277. The zero-order valence-corrected chi connectivity index (χ0v) is 9.81. The van der Waals surface area contributed by atoms with Gasteiger partial charge in [0, 0.05) is 25.6 Å². The summed E-state index contributed by atoms with van der Waals surface area (Å²) in [4.78, 5) is 18.7. The number of carbonyl (C=O) groups excluding carboxylic acids is 1. The molecule has 1 spiro atoms. The minimum Gasteiger partial charge on any atom is -0.314 e. The lowest BCUT2D eigenvalue weighted by Gasteiger charge is -2.28. The van der Waals surface area contributed by atoms with Crippen molar-refractivity contribution in [3.8, 4) is 0 Å². The van der Waals surface area contributed by atoms with Gasteiger partial charge >= 0.3 is 0 Å². The van der Waals surface area contributed by atoms with Gasteiger partial charge in [-0.1, -0.05) is 30.3 Å². The summed E-state index contributed by atoms with van der Waals surface area (Å²) in [6.07, 6.45) is 0.894. The summed E-state index contributed by atoms with van der Waals surface area (Å²) in [6, 6.07) is 9.68. The van der Waals surface area contributed by atoms with Gasteiger partial charge in [-0.3, -0.25) is 4.79 Å². The van der Waals surface area contributed by atoms with Crippen LogP contribution in [0.3, 0.4) is 0 Å². The third-order valence-electron chi connectivity index (χ3n) is 3.61. The fourth-order valence-electron chi connectivity index (χ4n) is 2.51. The molecule has 4 heteroatoms. The summed E-state index contributed by atoms with van der Waals surface area (Å²) in [5, 5.41) is 3.28. The van der Waals surface area contributed by atoms with Crippen molar-refractivity contribution in [1.82, 2.24) is 10.2 Å². The topological polar surface area (TPSA) is 44.7 Å². The lowest BCUT2D eigenvalue weighted by Crippen LogP contribution is -2.45. The fourth-order valence-corrected chi connectivity index (χ4v) is 2.51. The summed E-state index contributed by atoms with van der Waals surface area (Å²) < 4.78 is 0. The summed E-state index contributed by atoms with van der Waals surface area (Å²) in [5.41, 5.74) is 1.16. The highest BCUT2D eigenvalue weighted by Crippen LogP contribution is 2.30. The van der Waals surface area contributed by atoms with E-state index in [2.05, 4.69) is 10.3 Å². The van der Waals surface area contributed by atoms with E-state index in [-0.39, 0.29) is 11.6 Å².